The second-order valence-corrected chi connectivity index (χ2v) is 6.26. The number of amides is 2. The molecular weight excluding hydrogens is 302 g/mol. The van der Waals surface area contributed by atoms with Gasteiger partial charge in [0.1, 0.15) is 5.52 Å². The smallest absolute Gasteiger partial charge is 0.257 e. The summed E-state index contributed by atoms with van der Waals surface area (Å²) < 4.78 is 5.66. The highest BCUT2D eigenvalue weighted by atomic mass is 32.2. The number of thioether (sulfide) groups is 1. The molecule has 118 valence electrons. The average molecular weight is 321 g/mol. The van der Waals surface area contributed by atoms with Crippen LogP contribution in [-0.4, -0.2) is 22.0 Å². The molecule has 7 heteroatoms. The first kappa shape index (κ1) is 16.4. The number of nitrogens with zero attached hydrogens (tertiary/aromatic N) is 1. The average Bonchev–Trinajstić information content (AvgIpc) is 2.86. The summed E-state index contributed by atoms with van der Waals surface area (Å²) in [5.74, 6) is -1.69. The van der Waals surface area contributed by atoms with Crippen molar-refractivity contribution in [2.24, 2.45) is 17.4 Å². The van der Waals surface area contributed by atoms with Gasteiger partial charge < -0.3 is 15.9 Å². The Morgan fingerprint density at radius 3 is 2.64 bits per heavy atom. The highest BCUT2D eigenvalue weighted by Crippen LogP contribution is 2.34. The minimum Gasteiger partial charge on any atom is -0.431 e. The monoisotopic (exact) mass is 321 g/mol. The maximum absolute atomic E-state index is 11.7. The molecular formula is C15H19N3O3S. The number of carbonyl (C=O) groups is 2. The minimum atomic E-state index is -0.627. The minimum absolute atomic E-state index is 0.0623. The molecule has 0 bridgehead atoms. The Bertz CT molecular complexity index is 638. The van der Waals surface area contributed by atoms with Crippen LogP contribution in [0, 0.1) is 5.92 Å². The van der Waals surface area contributed by atoms with Gasteiger partial charge in [-0.2, -0.15) is 0 Å². The number of primary amides is 2. The van der Waals surface area contributed by atoms with Crippen molar-refractivity contribution in [3.05, 3.63) is 24.3 Å². The van der Waals surface area contributed by atoms with Crippen LogP contribution >= 0.6 is 11.8 Å². The van der Waals surface area contributed by atoms with Crippen LogP contribution in [0.25, 0.3) is 11.1 Å². The molecule has 0 fully saturated rings. The van der Waals surface area contributed by atoms with Gasteiger partial charge in [0.15, 0.2) is 5.58 Å². The number of rotatable bonds is 8. The summed E-state index contributed by atoms with van der Waals surface area (Å²) in [5.41, 5.74) is 12.1. The molecule has 2 atom stereocenters. The van der Waals surface area contributed by atoms with Gasteiger partial charge in [-0.15, -0.1) is 0 Å². The number of aromatic nitrogens is 1. The lowest BCUT2D eigenvalue weighted by atomic mass is 9.97. The quantitative estimate of drug-likeness (QED) is 0.723. The third-order valence-electron chi connectivity index (χ3n) is 3.33. The van der Waals surface area contributed by atoms with E-state index < -0.39 is 17.7 Å². The third kappa shape index (κ3) is 4.00. The number of para-hydroxylation sites is 2. The zero-order valence-electron chi connectivity index (χ0n) is 12.3. The predicted molar refractivity (Wildman–Crippen MR) is 85.1 cm³/mol. The highest BCUT2D eigenvalue weighted by molar-refractivity contribution is 7.99. The van der Waals surface area contributed by atoms with E-state index in [1.807, 2.05) is 31.2 Å². The molecule has 0 aliphatic rings. The first-order chi connectivity index (χ1) is 10.5. The van der Waals surface area contributed by atoms with E-state index in [4.69, 9.17) is 15.9 Å². The van der Waals surface area contributed by atoms with Gasteiger partial charge in [0.05, 0.1) is 5.92 Å². The Hall–Kier alpha value is -2.02. The fourth-order valence-corrected chi connectivity index (χ4v) is 3.59. The number of carbonyl (C=O) groups excluding carboxylic acids is 2. The zero-order valence-corrected chi connectivity index (χ0v) is 13.1. The predicted octanol–water partition coefficient (Wildman–Crippen LogP) is 2.07. The van der Waals surface area contributed by atoms with Crippen molar-refractivity contribution in [3.63, 3.8) is 0 Å². The number of benzene rings is 1. The topological polar surface area (TPSA) is 112 Å². The molecule has 1 aromatic heterocycles. The van der Waals surface area contributed by atoms with E-state index in [-0.39, 0.29) is 11.7 Å². The molecule has 0 saturated carbocycles. The Morgan fingerprint density at radius 2 is 2.05 bits per heavy atom. The number of hydrogen-bond acceptors (Lipinski definition) is 5. The molecule has 0 radical (unpaired) electrons. The number of nitrogens with two attached hydrogens (primary N) is 2. The Balaban J connectivity index is 2.22. The van der Waals surface area contributed by atoms with E-state index in [2.05, 4.69) is 4.98 Å². The summed E-state index contributed by atoms with van der Waals surface area (Å²) in [6, 6.07) is 7.43. The molecule has 0 aliphatic heterocycles. The first-order valence-corrected chi connectivity index (χ1v) is 7.99. The van der Waals surface area contributed by atoms with Gasteiger partial charge >= 0.3 is 0 Å². The molecule has 0 saturated heterocycles. The van der Waals surface area contributed by atoms with E-state index in [1.54, 1.807) is 0 Å². The summed E-state index contributed by atoms with van der Waals surface area (Å²) in [7, 11) is 0. The maximum Gasteiger partial charge on any atom is 0.257 e. The first-order valence-electron chi connectivity index (χ1n) is 7.11. The van der Waals surface area contributed by atoms with E-state index in [0.29, 0.717) is 17.2 Å². The third-order valence-corrected chi connectivity index (χ3v) is 4.58. The molecule has 6 nitrogen and oxygen atoms in total. The van der Waals surface area contributed by atoms with Gasteiger partial charge in [-0.05, 0) is 18.6 Å². The van der Waals surface area contributed by atoms with Crippen LogP contribution in [0.5, 0.6) is 0 Å². The van der Waals surface area contributed by atoms with Gasteiger partial charge in [0.2, 0.25) is 11.8 Å². The molecule has 2 amide bonds. The second kappa shape index (κ2) is 7.31. The molecule has 0 spiro atoms. The van der Waals surface area contributed by atoms with Crippen LogP contribution in [-0.2, 0) is 9.59 Å². The number of fused-ring (bicyclic) bond motifs is 1. The van der Waals surface area contributed by atoms with Crippen LogP contribution in [0.1, 0.15) is 26.2 Å². The molecule has 2 rings (SSSR count). The van der Waals surface area contributed by atoms with Gasteiger partial charge in [-0.3, -0.25) is 9.59 Å². The maximum atomic E-state index is 11.7. The van der Waals surface area contributed by atoms with E-state index in [9.17, 15) is 9.59 Å². The summed E-state index contributed by atoms with van der Waals surface area (Å²) in [5, 5.41) is 0.276. The van der Waals surface area contributed by atoms with Crippen molar-refractivity contribution in [1.29, 1.82) is 0 Å². The van der Waals surface area contributed by atoms with Crippen molar-refractivity contribution >= 4 is 34.7 Å². The summed E-state index contributed by atoms with van der Waals surface area (Å²) in [4.78, 5) is 27.2. The summed E-state index contributed by atoms with van der Waals surface area (Å²) in [6.07, 6.45) is 1.50. The van der Waals surface area contributed by atoms with Gasteiger partial charge in [-0.25, -0.2) is 4.98 Å². The summed E-state index contributed by atoms with van der Waals surface area (Å²) >= 11 is 1.33. The molecule has 1 aromatic carbocycles. The van der Waals surface area contributed by atoms with E-state index >= 15 is 0 Å². The summed E-state index contributed by atoms with van der Waals surface area (Å²) in [6.45, 7) is 2.00. The Labute approximate surface area is 132 Å². The van der Waals surface area contributed by atoms with Crippen LogP contribution in [0.15, 0.2) is 33.9 Å². The van der Waals surface area contributed by atoms with Crippen molar-refractivity contribution in [2.75, 3.05) is 0 Å². The van der Waals surface area contributed by atoms with Gasteiger partial charge in [-0.1, -0.05) is 37.2 Å². The molecule has 2 aromatic rings. The highest BCUT2D eigenvalue weighted by Gasteiger charge is 2.30. The lowest BCUT2D eigenvalue weighted by Crippen LogP contribution is -2.35. The molecule has 0 aliphatic carbocycles. The van der Waals surface area contributed by atoms with Crippen molar-refractivity contribution in [1.82, 2.24) is 4.98 Å². The van der Waals surface area contributed by atoms with Crippen molar-refractivity contribution in [3.8, 4) is 0 Å². The fourth-order valence-electron chi connectivity index (χ4n) is 2.29. The molecule has 2 unspecified atom stereocenters. The van der Waals surface area contributed by atoms with Crippen LogP contribution in [0.3, 0.4) is 0 Å². The fraction of sp³-hybridized carbons (Fsp3) is 0.400. The zero-order chi connectivity index (χ0) is 16.1. The number of hydrogen-bond donors (Lipinski definition) is 2. The van der Waals surface area contributed by atoms with Crippen LogP contribution in [0.4, 0.5) is 0 Å². The molecule has 22 heavy (non-hydrogen) atoms. The SMILES string of the molecule is CCCC(Sc1nc2ccccc2o1)C(CC(N)=O)C(N)=O. The van der Waals surface area contributed by atoms with Crippen molar-refractivity contribution < 1.29 is 14.0 Å². The van der Waals surface area contributed by atoms with Gasteiger partial charge in [0.25, 0.3) is 5.22 Å². The van der Waals surface area contributed by atoms with Crippen LogP contribution in [0.2, 0.25) is 0 Å². The molecule has 4 N–H and O–H groups in total. The second-order valence-electron chi connectivity index (χ2n) is 5.07. The van der Waals surface area contributed by atoms with Gasteiger partial charge in [0, 0.05) is 11.7 Å². The standard InChI is InChI=1S/C15H19N3O3S/c1-2-5-12(9(14(17)20)8-13(16)19)22-15-18-10-6-3-4-7-11(10)21-15/h3-4,6-7,9,12H,2,5,8H2,1H3,(H2,16,19)(H2,17,20). The Morgan fingerprint density at radius 1 is 1.32 bits per heavy atom. The lowest BCUT2D eigenvalue weighted by Gasteiger charge is -2.21. The Kier molecular flexibility index (Phi) is 5.43. The molecule has 1 heterocycles. The normalized spacial score (nSPS) is 13.9. The van der Waals surface area contributed by atoms with E-state index in [1.165, 1.54) is 11.8 Å². The van der Waals surface area contributed by atoms with E-state index in [0.717, 1.165) is 11.9 Å². The van der Waals surface area contributed by atoms with Crippen LogP contribution < -0.4 is 11.5 Å². The number of oxazole rings is 1. The lowest BCUT2D eigenvalue weighted by molar-refractivity contribution is -0.127. The van der Waals surface area contributed by atoms with Crippen molar-refractivity contribution in [2.45, 2.75) is 36.7 Å². The largest absolute Gasteiger partial charge is 0.431 e.